The van der Waals surface area contributed by atoms with Crippen molar-refractivity contribution >= 4 is 5.91 Å². The van der Waals surface area contributed by atoms with Crippen LogP contribution in [-0.2, 0) is 4.74 Å². The second-order valence-corrected chi connectivity index (χ2v) is 5.26. The number of aliphatic hydroxyl groups excluding tert-OH is 1. The summed E-state index contributed by atoms with van der Waals surface area (Å²) in [4.78, 5) is 11.8. The number of aliphatic hydroxyl groups is 1. The molecule has 2 atom stereocenters. The summed E-state index contributed by atoms with van der Waals surface area (Å²) in [5.74, 6) is -0.759. The number of amides is 1. The van der Waals surface area contributed by atoms with Crippen molar-refractivity contribution in [2.45, 2.75) is 19.1 Å². The first-order valence-corrected chi connectivity index (χ1v) is 7.44. The van der Waals surface area contributed by atoms with Gasteiger partial charge in [-0.2, -0.15) is 0 Å². The molecule has 0 saturated heterocycles. The molecule has 4 nitrogen and oxygen atoms in total. The van der Waals surface area contributed by atoms with Crippen LogP contribution in [0.25, 0.3) is 0 Å². The Morgan fingerprint density at radius 1 is 1.17 bits per heavy atom. The van der Waals surface area contributed by atoms with Gasteiger partial charge < -0.3 is 15.2 Å². The molecule has 0 bridgehead atoms. The van der Waals surface area contributed by atoms with Crippen molar-refractivity contribution in [3.63, 3.8) is 0 Å². The maximum Gasteiger partial charge on any atom is 0.251 e. The van der Waals surface area contributed by atoms with E-state index in [1.54, 1.807) is 0 Å². The number of benzene rings is 2. The minimum Gasteiger partial charge on any atom is -0.389 e. The van der Waals surface area contributed by atoms with Crippen molar-refractivity contribution in [3.05, 3.63) is 71.5 Å². The van der Waals surface area contributed by atoms with E-state index in [4.69, 9.17) is 4.74 Å². The highest BCUT2D eigenvalue weighted by Crippen LogP contribution is 2.15. The minimum absolute atomic E-state index is 0.0672. The zero-order chi connectivity index (χ0) is 16.7. The van der Waals surface area contributed by atoms with Crippen LogP contribution in [0, 0.1) is 5.82 Å². The van der Waals surface area contributed by atoms with Gasteiger partial charge in [-0.3, -0.25) is 4.79 Å². The predicted octanol–water partition coefficient (Wildman–Crippen LogP) is 2.69. The normalized spacial score (nSPS) is 13.3. The molecule has 0 fully saturated rings. The van der Waals surface area contributed by atoms with Crippen molar-refractivity contribution in [2.75, 3.05) is 13.2 Å². The fourth-order valence-electron chi connectivity index (χ4n) is 2.05. The highest BCUT2D eigenvalue weighted by molar-refractivity contribution is 5.94. The minimum atomic E-state index is -0.814. The third kappa shape index (κ3) is 5.47. The Labute approximate surface area is 134 Å². The molecular weight excluding hydrogens is 297 g/mol. The first kappa shape index (κ1) is 17.1. The van der Waals surface area contributed by atoms with Crippen LogP contribution in [0.1, 0.15) is 28.9 Å². The molecule has 2 rings (SSSR count). The van der Waals surface area contributed by atoms with Gasteiger partial charge in [0, 0.05) is 12.1 Å². The molecule has 0 heterocycles. The van der Waals surface area contributed by atoms with Crippen LogP contribution < -0.4 is 5.32 Å². The predicted molar refractivity (Wildman–Crippen MR) is 85.5 cm³/mol. The number of ether oxygens (including phenoxy) is 1. The van der Waals surface area contributed by atoms with Crippen LogP contribution in [0.4, 0.5) is 4.39 Å². The summed E-state index contributed by atoms with van der Waals surface area (Å²) < 4.78 is 18.4. The molecule has 2 unspecified atom stereocenters. The number of rotatable bonds is 7. The molecule has 2 aromatic carbocycles. The maximum atomic E-state index is 12.8. The van der Waals surface area contributed by atoms with Gasteiger partial charge in [-0.1, -0.05) is 30.3 Å². The molecule has 0 aliphatic rings. The molecule has 5 heteroatoms. The maximum absolute atomic E-state index is 12.8. The van der Waals surface area contributed by atoms with Gasteiger partial charge >= 0.3 is 0 Å². The Bertz CT molecular complexity index is 616. The lowest BCUT2D eigenvalue weighted by atomic mass is 10.1. The first-order chi connectivity index (χ1) is 11.1. The topological polar surface area (TPSA) is 58.6 Å². The van der Waals surface area contributed by atoms with Gasteiger partial charge in [0.15, 0.2) is 0 Å². The lowest BCUT2D eigenvalue weighted by Gasteiger charge is -2.17. The smallest absolute Gasteiger partial charge is 0.251 e. The van der Waals surface area contributed by atoms with E-state index < -0.39 is 11.9 Å². The van der Waals surface area contributed by atoms with E-state index in [0.29, 0.717) is 5.56 Å². The number of halogens is 1. The molecule has 0 saturated carbocycles. The zero-order valence-electron chi connectivity index (χ0n) is 12.9. The van der Waals surface area contributed by atoms with Crippen molar-refractivity contribution in [2.24, 2.45) is 0 Å². The monoisotopic (exact) mass is 317 g/mol. The van der Waals surface area contributed by atoms with Gasteiger partial charge in [-0.25, -0.2) is 4.39 Å². The molecule has 0 aromatic heterocycles. The Hall–Kier alpha value is -2.24. The lowest BCUT2D eigenvalue weighted by molar-refractivity contribution is -0.00171. The summed E-state index contributed by atoms with van der Waals surface area (Å²) in [7, 11) is 0. The Balaban J connectivity index is 1.73. The van der Waals surface area contributed by atoms with E-state index in [1.807, 2.05) is 37.3 Å². The van der Waals surface area contributed by atoms with E-state index in [-0.39, 0.29) is 25.2 Å². The van der Waals surface area contributed by atoms with Crippen LogP contribution in [0.3, 0.4) is 0 Å². The molecular formula is C18H20FNO3. The summed E-state index contributed by atoms with van der Waals surface area (Å²) in [5, 5.41) is 12.5. The van der Waals surface area contributed by atoms with E-state index >= 15 is 0 Å². The van der Waals surface area contributed by atoms with E-state index in [1.165, 1.54) is 24.3 Å². The van der Waals surface area contributed by atoms with Crippen LogP contribution in [0.2, 0.25) is 0 Å². The van der Waals surface area contributed by atoms with E-state index in [2.05, 4.69) is 5.32 Å². The van der Waals surface area contributed by atoms with Gasteiger partial charge in [-0.15, -0.1) is 0 Å². The SMILES string of the molecule is CC(OCC(O)CNC(=O)c1ccc(F)cc1)c1ccccc1. The fraction of sp³-hybridized carbons (Fsp3) is 0.278. The number of carbonyl (C=O) groups is 1. The van der Waals surface area contributed by atoms with Gasteiger partial charge in [0.25, 0.3) is 5.91 Å². The fourth-order valence-corrected chi connectivity index (χ4v) is 2.05. The average molecular weight is 317 g/mol. The van der Waals surface area contributed by atoms with Gasteiger partial charge in [-0.05, 0) is 36.8 Å². The first-order valence-electron chi connectivity index (χ1n) is 7.44. The van der Waals surface area contributed by atoms with Crippen LogP contribution in [0.15, 0.2) is 54.6 Å². The lowest BCUT2D eigenvalue weighted by Crippen LogP contribution is -2.34. The summed E-state index contributed by atoms with van der Waals surface area (Å²) in [6.07, 6.45) is -0.954. The molecule has 2 aromatic rings. The zero-order valence-corrected chi connectivity index (χ0v) is 12.9. The summed E-state index contributed by atoms with van der Waals surface area (Å²) in [6, 6.07) is 14.9. The van der Waals surface area contributed by atoms with Crippen molar-refractivity contribution in [1.29, 1.82) is 0 Å². The molecule has 0 aliphatic carbocycles. The van der Waals surface area contributed by atoms with Crippen molar-refractivity contribution in [1.82, 2.24) is 5.32 Å². The van der Waals surface area contributed by atoms with Gasteiger partial charge in [0.05, 0.1) is 18.8 Å². The second-order valence-electron chi connectivity index (χ2n) is 5.26. The summed E-state index contributed by atoms with van der Waals surface area (Å²) in [5.41, 5.74) is 1.37. The van der Waals surface area contributed by atoms with Crippen LogP contribution in [0.5, 0.6) is 0 Å². The van der Waals surface area contributed by atoms with Crippen LogP contribution in [-0.4, -0.2) is 30.3 Å². The molecule has 0 radical (unpaired) electrons. The number of hydrogen-bond acceptors (Lipinski definition) is 3. The molecule has 23 heavy (non-hydrogen) atoms. The standard InChI is InChI=1S/C18H20FNO3/c1-13(14-5-3-2-4-6-14)23-12-17(21)11-20-18(22)15-7-9-16(19)10-8-15/h2-10,13,17,21H,11-12H2,1H3,(H,20,22). The third-order valence-corrected chi connectivity index (χ3v) is 3.41. The van der Waals surface area contributed by atoms with E-state index in [0.717, 1.165) is 5.56 Å². The van der Waals surface area contributed by atoms with Crippen molar-refractivity contribution < 1.29 is 19.0 Å². The summed E-state index contributed by atoms with van der Waals surface area (Å²) >= 11 is 0. The van der Waals surface area contributed by atoms with Crippen LogP contribution >= 0.6 is 0 Å². The molecule has 122 valence electrons. The number of carbonyl (C=O) groups excluding carboxylic acids is 1. The Morgan fingerprint density at radius 3 is 2.48 bits per heavy atom. The average Bonchev–Trinajstić information content (AvgIpc) is 2.59. The second kappa shape index (κ2) is 8.41. The molecule has 0 spiro atoms. The largest absolute Gasteiger partial charge is 0.389 e. The number of hydrogen-bond donors (Lipinski definition) is 2. The Morgan fingerprint density at radius 2 is 1.83 bits per heavy atom. The highest BCUT2D eigenvalue weighted by Gasteiger charge is 2.12. The highest BCUT2D eigenvalue weighted by atomic mass is 19.1. The number of nitrogens with one attached hydrogen (secondary N) is 1. The summed E-state index contributed by atoms with van der Waals surface area (Å²) in [6.45, 7) is 2.08. The van der Waals surface area contributed by atoms with Crippen molar-refractivity contribution in [3.8, 4) is 0 Å². The third-order valence-electron chi connectivity index (χ3n) is 3.41. The molecule has 2 N–H and O–H groups in total. The van der Waals surface area contributed by atoms with Gasteiger partial charge in [0.2, 0.25) is 0 Å². The van der Waals surface area contributed by atoms with E-state index in [9.17, 15) is 14.3 Å². The quantitative estimate of drug-likeness (QED) is 0.825. The molecule has 1 amide bonds. The van der Waals surface area contributed by atoms with Gasteiger partial charge in [0.1, 0.15) is 5.82 Å². The Kier molecular flexibility index (Phi) is 6.26. The molecule has 0 aliphatic heterocycles.